The molecule has 3 heterocycles. The molecule has 3 aromatic rings. The minimum atomic E-state index is -0.0335. The minimum absolute atomic E-state index is 0.0335. The van der Waals surface area contributed by atoms with Gasteiger partial charge in [0.1, 0.15) is 19.5 Å². The van der Waals surface area contributed by atoms with E-state index < -0.39 is 0 Å². The molecule has 0 radical (unpaired) electrons. The van der Waals surface area contributed by atoms with Crippen molar-refractivity contribution in [2.24, 2.45) is 0 Å². The number of anilines is 3. The van der Waals surface area contributed by atoms with E-state index in [9.17, 15) is 9.90 Å². The van der Waals surface area contributed by atoms with E-state index in [0.29, 0.717) is 19.1 Å². The van der Waals surface area contributed by atoms with Crippen LogP contribution in [0, 0.1) is 0 Å². The molecule has 0 aliphatic carbocycles. The van der Waals surface area contributed by atoms with Gasteiger partial charge < -0.3 is 25.5 Å². The number of nitrogens with zero attached hydrogens (tertiary/aromatic N) is 5. The van der Waals surface area contributed by atoms with Gasteiger partial charge in [0.25, 0.3) is 0 Å². The molecule has 180 valence electrons. The van der Waals surface area contributed by atoms with Crippen LogP contribution in [-0.2, 0) is 11.3 Å². The summed E-state index contributed by atoms with van der Waals surface area (Å²) in [7, 11) is 5.76. The van der Waals surface area contributed by atoms with E-state index in [1.165, 1.54) is 6.42 Å². The number of aliphatic hydroxyl groups is 1. The Labute approximate surface area is 201 Å². The van der Waals surface area contributed by atoms with Crippen LogP contribution in [0.25, 0.3) is 5.65 Å². The summed E-state index contributed by atoms with van der Waals surface area (Å²) < 4.78 is 1.85. The number of benzene rings is 1. The first kappa shape index (κ1) is 24.0. The Morgan fingerprint density at radius 3 is 2.79 bits per heavy atom. The monoisotopic (exact) mass is 463 g/mol. The lowest BCUT2D eigenvalue weighted by atomic mass is 9.99. The van der Waals surface area contributed by atoms with Gasteiger partial charge in [-0.2, -0.15) is 9.61 Å². The normalized spacial score (nSPS) is 16.2. The van der Waals surface area contributed by atoms with Crippen LogP contribution < -0.4 is 21.0 Å². The van der Waals surface area contributed by atoms with Crippen LogP contribution in [0.3, 0.4) is 0 Å². The second-order valence-corrected chi connectivity index (χ2v) is 9.25. The average molecular weight is 463 g/mol. The van der Waals surface area contributed by atoms with Crippen LogP contribution in [-0.4, -0.2) is 78.2 Å². The van der Waals surface area contributed by atoms with Crippen molar-refractivity contribution < 1.29 is 9.90 Å². The Morgan fingerprint density at radius 1 is 1.26 bits per heavy atom. The fourth-order valence-electron chi connectivity index (χ4n) is 4.47. The number of carbonyl (C=O) groups excluding carboxylic acids is 1. The van der Waals surface area contributed by atoms with E-state index in [-0.39, 0.29) is 12.5 Å². The summed E-state index contributed by atoms with van der Waals surface area (Å²) in [6, 6.07) is 10.2. The molecular formula is C24H34BN7O2. The zero-order valence-electron chi connectivity index (χ0n) is 20.3. The molecule has 1 amide bonds. The van der Waals surface area contributed by atoms with Crippen LogP contribution in [0.15, 0.2) is 36.5 Å². The number of aliphatic hydroxyl groups excluding tert-OH is 1. The predicted molar refractivity (Wildman–Crippen MR) is 139 cm³/mol. The van der Waals surface area contributed by atoms with Gasteiger partial charge in [-0.25, -0.2) is 4.98 Å². The number of carbonyl (C=O) groups is 1. The molecule has 1 aliphatic heterocycles. The third-order valence-corrected chi connectivity index (χ3v) is 6.19. The number of likely N-dealkylation sites (N-methyl/N-ethyl adjacent to an activating group) is 1. The van der Waals surface area contributed by atoms with Crippen LogP contribution in [0.1, 0.15) is 31.2 Å². The van der Waals surface area contributed by atoms with Crippen LogP contribution in [0.4, 0.5) is 17.3 Å². The maximum absolute atomic E-state index is 12.0. The average Bonchev–Trinajstić information content (AvgIpc) is 3.19. The summed E-state index contributed by atoms with van der Waals surface area (Å²) in [6.45, 7) is 2.10. The molecular weight excluding hydrogens is 429 g/mol. The van der Waals surface area contributed by atoms with Gasteiger partial charge in [0.15, 0.2) is 5.65 Å². The van der Waals surface area contributed by atoms with Crippen molar-refractivity contribution in [1.82, 2.24) is 19.5 Å². The highest BCUT2D eigenvalue weighted by atomic mass is 16.3. The lowest BCUT2D eigenvalue weighted by Gasteiger charge is -2.36. The molecule has 3 N–H and O–H groups in total. The molecule has 34 heavy (non-hydrogen) atoms. The number of fused-ring (bicyclic) bond motifs is 1. The Morgan fingerprint density at radius 2 is 2.06 bits per heavy atom. The highest BCUT2D eigenvalue weighted by Gasteiger charge is 2.24. The standard InChI is InChI=1S/C24H34BN7O2/c1-30(2)16-23(34)28-18-8-6-17(7-9-18)14-26-21-13-22(29-24-20(25)15-27-32(21)24)31-11-4-3-5-19(31)10-12-33/h6-9,13,15,19,26,33H,3-5,10-12,14,16,25H2,1-2H3,(H,28,34)/t19-/m0/s1. The summed E-state index contributed by atoms with van der Waals surface area (Å²) in [5, 5.41) is 20.5. The largest absolute Gasteiger partial charge is 0.396 e. The lowest BCUT2D eigenvalue weighted by molar-refractivity contribution is -0.116. The van der Waals surface area contributed by atoms with Crippen molar-refractivity contribution in [1.29, 1.82) is 0 Å². The van der Waals surface area contributed by atoms with E-state index in [0.717, 1.165) is 59.8 Å². The number of hydrogen-bond acceptors (Lipinski definition) is 7. The van der Waals surface area contributed by atoms with Gasteiger partial charge in [0.05, 0.1) is 6.54 Å². The molecule has 1 atom stereocenters. The van der Waals surface area contributed by atoms with Crippen LogP contribution in [0.5, 0.6) is 0 Å². The second-order valence-electron chi connectivity index (χ2n) is 9.25. The van der Waals surface area contributed by atoms with Gasteiger partial charge >= 0.3 is 0 Å². The third-order valence-electron chi connectivity index (χ3n) is 6.19. The molecule has 0 bridgehead atoms. The molecule has 10 heteroatoms. The summed E-state index contributed by atoms with van der Waals surface area (Å²) in [5.74, 6) is 1.77. The minimum Gasteiger partial charge on any atom is -0.396 e. The molecule has 0 spiro atoms. The molecule has 4 rings (SSSR count). The predicted octanol–water partition coefficient (Wildman–Crippen LogP) is 0.841. The third kappa shape index (κ3) is 5.68. The highest BCUT2D eigenvalue weighted by Crippen LogP contribution is 2.27. The number of amides is 1. The molecule has 1 aromatic carbocycles. The molecule has 2 aromatic heterocycles. The molecule has 1 fully saturated rings. The number of nitrogens with one attached hydrogen (secondary N) is 2. The number of aromatic nitrogens is 3. The van der Waals surface area contributed by atoms with E-state index in [2.05, 4.69) is 26.7 Å². The topological polar surface area (TPSA) is 98.0 Å². The Balaban J connectivity index is 1.51. The first-order valence-electron chi connectivity index (χ1n) is 11.9. The van der Waals surface area contributed by atoms with Gasteiger partial charge in [-0.05, 0) is 62.9 Å². The fourth-order valence-corrected chi connectivity index (χ4v) is 4.47. The second kappa shape index (κ2) is 10.9. The first-order valence-corrected chi connectivity index (χ1v) is 11.9. The van der Waals surface area contributed by atoms with Gasteiger partial charge in [-0.3, -0.25) is 4.79 Å². The van der Waals surface area contributed by atoms with Crippen molar-refractivity contribution in [3.8, 4) is 0 Å². The fraction of sp³-hybridized carbons (Fsp3) is 0.458. The van der Waals surface area contributed by atoms with Gasteiger partial charge in [-0.15, -0.1) is 0 Å². The molecule has 0 saturated carbocycles. The van der Waals surface area contributed by atoms with Crippen molar-refractivity contribution in [2.75, 3.05) is 49.3 Å². The number of piperidine rings is 1. The zero-order valence-corrected chi connectivity index (χ0v) is 20.3. The summed E-state index contributed by atoms with van der Waals surface area (Å²) >= 11 is 0. The quantitative estimate of drug-likeness (QED) is 0.405. The van der Waals surface area contributed by atoms with E-state index >= 15 is 0 Å². The zero-order chi connectivity index (χ0) is 24.1. The molecule has 1 aliphatic rings. The lowest BCUT2D eigenvalue weighted by Crippen LogP contribution is -2.40. The van der Waals surface area contributed by atoms with E-state index in [4.69, 9.17) is 4.98 Å². The van der Waals surface area contributed by atoms with Gasteiger partial charge in [0, 0.05) is 43.7 Å². The SMILES string of the molecule is Bc1cnn2c(NCc3ccc(NC(=O)CN(C)C)cc3)cc(N3CCCC[C@H]3CCO)nc12. The summed E-state index contributed by atoms with van der Waals surface area (Å²) in [5.41, 5.74) is 3.75. The van der Waals surface area contributed by atoms with Crippen molar-refractivity contribution in [3.05, 3.63) is 42.1 Å². The Kier molecular flexibility index (Phi) is 7.69. The summed E-state index contributed by atoms with van der Waals surface area (Å²) in [4.78, 5) is 21.1. The number of hydrogen-bond donors (Lipinski definition) is 3. The highest BCUT2D eigenvalue weighted by molar-refractivity contribution is 6.36. The molecule has 0 unspecified atom stereocenters. The maximum Gasteiger partial charge on any atom is 0.238 e. The van der Waals surface area contributed by atoms with Crippen molar-refractivity contribution in [2.45, 2.75) is 38.3 Å². The Bertz CT molecular complexity index is 1110. The maximum atomic E-state index is 12.0. The first-order chi connectivity index (χ1) is 16.4. The summed E-state index contributed by atoms with van der Waals surface area (Å²) in [6.07, 6.45) is 5.99. The van der Waals surface area contributed by atoms with Crippen LogP contribution >= 0.6 is 0 Å². The molecule has 9 nitrogen and oxygen atoms in total. The number of rotatable bonds is 9. The van der Waals surface area contributed by atoms with Gasteiger partial charge in [0.2, 0.25) is 5.91 Å². The smallest absolute Gasteiger partial charge is 0.238 e. The van der Waals surface area contributed by atoms with Crippen LogP contribution in [0.2, 0.25) is 0 Å². The van der Waals surface area contributed by atoms with Crippen molar-refractivity contribution in [3.63, 3.8) is 0 Å². The van der Waals surface area contributed by atoms with Crippen molar-refractivity contribution >= 4 is 42.2 Å². The van der Waals surface area contributed by atoms with E-state index in [1.807, 2.05) is 61.8 Å². The van der Waals surface area contributed by atoms with Gasteiger partial charge in [-0.1, -0.05) is 12.1 Å². The van der Waals surface area contributed by atoms with E-state index in [1.54, 1.807) is 0 Å². The molecule has 1 saturated heterocycles. The Hall–Kier alpha value is -3.11.